The molecule has 3 nitrogen and oxygen atoms in total. The average molecular weight is 362 g/mol. The molecule has 1 fully saturated rings. The zero-order chi connectivity index (χ0) is 16.8. The number of phenolic OH excluding ortho intramolecular Hbond substituents is 2. The average Bonchev–Trinajstić information content (AvgIpc) is 2.54. The molecule has 0 aliphatic heterocycles. The monoisotopic (exact) mass is 361 g/mol. The van der Waals surface area contributed by atoms with Gasteiger partial charge in [0.05, 0.1) is 0 Å². The van der Waals surface area contributed by atoms with E-state index in [1.807, 2.05) is 24.3 Å². The first-order chi connectivity index (χ1) is 11.7. The van der Waals surface area contributed by atoms with E-state index >= 15 is 0 Å². The summed E-state index contributed by atoms with van der Waals surface area (Å²) in [6, 6.07) is 15.1. The second-order valence-corrected chi connectivity index (χ2v) is 6.93. The molecule has 3 rings (SSSR count). The fraction of sp³-hybridized carbons (Fsp3) is 0.429. The number of nitrogens with zero attached hydrogens (tertiary/aromatic N) is 1. The standard InChI is InChI=1S/C21H27NO2.ClH/c23-20-9-7-17(8-10-20)11-13-22(16-19-4-1-5-19)14-12-18-3-2-6-21(24)15-18;/h2-3,6-10,15,19,23-24H,1,4-5,11-14,16H2;1H. The summed E-state index contributed by atoms with van der Waals surface area (Å²) in [5.74, 6) is 1.53. The van der Waals surface area contributed by atoms with Crippen molar-refractivity contribution >= 4 is 12.4 Å². The predicted molar refractivity (Wildman–Crippen MR) is 105 cm³/mol. The Hall–Kier alpha value is -1.71. The fourth-order valence-corrected chi connectivity index (χ4v) is 3.28. The van der Waals surface area contributed by atoms with E-state index in [1.54, 1.807) is 18.2 Å². The number of hydrogen-bond acceptors (Lipinski definition) is 3. The SMILES string of the molecule is Cl.Oc1ccc(CCN(CCc2cccc(O)c2)CC2CCC2)cc1. The molecular formula is C21H28ClNO2. The lowest BCUT2D eigenvalue weighted by atomic mass is 9.85. The summed E-state index contributed by atoms with van der Waals surface area (Å²) in [6.07, 6.45) is 6.08. The van der Waals surface area contributed by atoms with Crippen LogP contribution in [0.2, 0.25) is 0 Å². The maximum absolute atomic E-state index is 9.61. The molecule has 0 radical (unpaired) electrons. The second-order valence-electron chi connectivity index (χ2n) is 6.93. The van der Waals surface area contributed by atoms with E-state index in [0.717, 1.165) is 31.8 Å². The van der Waals surface area contributed by atoms with Crippen molar-refractivity contribution in [3.63, 3.8) is 0 Å². The Kier molecular flexibility index (Phi) is 7.60. The van der Waals surface area contributed by atoms with Crippen LogP contribution in [0.5, 0.6) is 11.5 Å². The highest BCUT2D eigenvalue weighted by molar-refractivity contribution is 5.85. The van der Waals surface area contributed by atoms with Gasteiger partial charge in [-0.25, -0.2) is 0 Å². The van der Waals surface area contributed by atoms with Crippen molar-refractivity contribution in [1.82, 2.24) is 4.90 Å². The molecule has 1 aliphatic carbocycles. The molecule has 2 aromatic carbocycles. The van der Waals surface area contributed by atoms with Crippen molar-refractivity contribution in [3.05, 3.63) is 59.7 Å². The topological polar surface area (TPSA) is 43.7 Å². The van der Waals surface area contributed by atoms with E-state index < -0.39 is 0 Å². The fourth-order valence-electron chi connectivity index (χ4n) is 3.28. The molecule has 0 atom stereocenters. The van der Waals surface area contributed by atoms with Crippen molar-refractivity contribution in [1.29, 1.82) is 0 Å². The Bertz CT molecular complexity index is 641. The maximum Gasteiger partial charge on any atom is 0.115 e. The van der Waals surface area contributed by atoms with Crippen LogP contribution in [0.4, 0.5) is 0 Å². The van der Waals surface area contributed by atoms with E-state index in [2.05, 4.69) is 11.0 Å². The highest BCUT2D eigenvalue weighted by Crippen LogP contribution is 2.27. The summed E-state index contributed by atoms with van der Waals surface area (Å²) in [5.41, 5.74) is 2.46. The molecule has 0 aromatic heterocycles. The third-order valence-corrected chi connectivity index (χ3v) is 5.02. The molecule has 0 amide bonds. The summed E-state index contributed by atoms with van der Waals surface area (Å²) in [4.78, 5) is 2.56. The van der Waals surface area contributed by atoms with Gasteiger partial charge < -0.3 is 15.1 Å². The Morgan fingerprint density at radius 3 is 2.12 bits per heavy atom. The normalized spacial score (nSPS) is 14.1. The maximum atomic E-state index is 9.61. The molecule has 0 bridgehead atoms. The Morgan fingerprint density at radius 1 is 0.840 bits per heavy atom. The highest BCUT2D eigenvalue weighted by atomic mass is 35.5. The third kappa shape index (κ3) is 6.26. The Balaban J connectivity index is 0.00000225. The first-order valence-corrected chi connectivity index (χ1v) is 8.97. The predicted octanol–water partition coefficient (Wildman–Crippen LogP) is 4.41. The number of halogens is 1. The van der Waals surface area contributed by atoms with Crippen LogP contribution in [0.15, 0.2) is 48.5 Å². The van der Waals surface area contributed by atoms with E-state index in [1.165, 1.54) is 36.9 Å². The van der Waals surface area contributed by atoms with Crippen LogP contribution in [0, 0.1) is 5.92 Å². The minimum atomic E-state index is 0. The minimum absolute atomic E-state index is 0. The first kappa shape index (κ1) is 19.6. The second kappa shape index (κ2) is 9.69. The number of rotatable bonds is 8. The van der Waals surface area contributed by atoms with Crippen LogP contribution >= 0.6 is 12.4 Å². The number of benzene rings is 2. The zero-order valence-corrected chi connectivity index (χ0v) is 15.4. The molecule has 4 heteroatoms. The number of phenols is 2. The summed E-state index contributed by atoms with van der Waals surface area (Å²) in [6.45, 7) is 3.25. The molecule has 0 spiro atoms. The Morgan fingerprint density at radius 2 is 1.52 bits per heavy atom. The molecule has 1 saturated carbocycles. The zero-order valence-electron chi connectivity index (χ0n) is 14.6. The quantitative estimate of drug-likeness (QED) is 0.732. The molecule has 1 aliphatic rings. The van der Waals surface area contributed by atoms with Gasteiger partial charge in [-0.05, 0) is 67.0 Å². The van der Waals surface area contributed by atoms with Crippen LogP contribution in [0.25, 0.3) is 0 Å². The van der Waals surface area contributed by atoms with Crippen LogP contribution in [0.3, 0.4) is 0 Å². The lowest BCUT2D eigenvalue weighted by Gasteiger charge is -2.32. The molecule has 136 valence electrons. The van der Waals surface area contributed by atoms with Gasteiger partial charge in [0, 0.05) is 19.6 Å². The van der Waals surface area contributed by atoms with E-state index in [-0.39, 0.29) is 12.4 Å². The van der Waals surface area contributed by atoms with Crippen molar-refractivity contribution in [2.45, 2.75) is 32.1 Å². The molecule has 2 aromatic rings. The highest BCUT2D eigenvalue weighted by Gasteiger charge is 2.20. The van der Waals surface area contributed by atoms with Crippen LogP contribution in [0.1, 0.15) is 30.4 Å². The van der Waals surface area contributed by atoms with Gasteiger partial charge in [0.2, 0.25) is 0 Å². The van der Waals surface area contributed by atoms with E-state index in [0.29, 0.717) is 11.5 Å². The van der Waals surface area contributed by atoms with Gasteiger partial charge in [0.15, 0.2) is 0 Å². The molecule has 0 saturated heterocycles. The van der Waals surface area contributed by atoms with Gasteiger partial charge in [-0.2, -0.15) is 0 Å². The number of aromatic hydroxyl groups is 2. The minimum Gasteiger partial charge on any atom is -0.508 e. The van der Waals surface area contributed by atoms with Gasteiger partial charge in [0.25, 0.3) is 0 Å². The van der Waals surface area contributed by atoms with Gasteiger partial charge in [-0.1, -0.05) is 30.7 Å². The van der Waals surface area contributed by atoms with Crippen molar-refractivity contribution in [2.24, 2.45) is 5.92 Å². The Labute approximate surface area is 156 Å². The van der Waals surface area contributed by atoms with Gasteiger partial charge in [-0.15, -0.1) is 12.4 Å². The van der Waals surface area contributed by atoms with Crippen LogP contribution in [-0.4, -0.2) is 34.7 Å². The smallest absolute Gasteiger partial charge is 0.115 e. The lowest BCUT2D eigenvalue weighted by Crippen LogP contribution is -2.35. The van der Waals surface area contributed by atoms with Gasteiger partial charge >= 0.3 is 0 Å². The van der Waals surface area contributed by atoms with E-state index in [9.17, 15) is 10.2 Å². The van der Waals surface area contributed by atoms with Crippen LogP contribution < -0.4 is 0 Å². The summed E-state index contributed by atoms with van der Waals surface area (Å²) >= 11 is 0. The number of hydrogen-bond donors (Lipinski definition) is 2. The van der Waals surface area contributed by atoms with Gasteiger partial charge in [0.1, 0.15) is 11.5 Å². The van der Waals surface area contributed by atoms with Gasteiger partial charge in [-0.3, -0.25) is 0 Å². The lowest BCUT2D eigenvalue weighted by molar-refractivity contribution is 0.180. The molecule has 0 unspecified atom stereocenters. The van der Waals surface area contributed by atoms with Crippen molar-refractivity contribution in [3.8, 4) is 11.5 Å². The molecular weight excluding hydrogens is 334 g/mol. The molecule has 0 heterocycles. The summed E-state index contributed by atoms with van der Waals surface area (Å²) in [7, 11) is 0. The van der Waals surface area contributed by atoms with Crippen molar-refractivity contribution < 1.29 is 10.2 Å². The third-order valence-electron chi connectivity index (χ3n) is 5.02. The van der Waals surface area contributed by atoms with Crippen molar-refractivity contribution in [2.75, 3.05) is 19.6 Å². The molecule has 25 heavy (non-hydrogen) atoms. The first-order valence-electron chi connectivity index (χ1n) is 8.97. The van der Waals surface area contributed by atoms with Crippen LogP contribution in [-0.2, 0) is 12.8 Å². The largest absolute Gasteiger partial charge is 0.508 e. The molecule has 2 N–H and O–H groups in total. The summed E-state index contributed by atoms with van der Waals surface area (Å²) < 4.78 is 0. The summed E-state index contributed by atoms with van der Waals surface area (Å²) in [5, 5.41) is 19.0. The van der Waals surface area contributed by atoms with E-state index in [4.69, 9.17) is 0 Å².